The molecule has 0 aromatic rings. The molecule has 0 saturated heterocycles. The summed E-state index contributed by atoms with van der Waals surface area (Å²) in [7, 11) is 0. The fourth-order valence-electron chi connectivity index (χ4n) is 1.29. The Morgan fingerprint density at radius 2 is 2.12 bits per heavy atom. The molecule has 1 aliphatic rings. The van der Waals surface area contributed by atoms with Crippen LogP contribution in [0.3, 0.4) is 0 Å². The zero-order valence-electron chi connectivity index (χ0n) is 9.41. The van der Waals surface area contributed by atoms with E-state index in [0.717, 1.165) is 25.8 Å². The summed E-state index contributed by atoms with van der Waals surface area (Å²) in [5.74, 6) is 0.361. The van der Waals surface area contributed by atoms with Crippen LogP contribution in [0.25, 0.3) is 0 Å². The molecule has 16 heavy (non-hydrogen) atoms. The van der Waals surface area contributed by atoms with Crippen molar-refractivity contribution in [1.82, 2.24) is 10.6 Å². The first-order valence-electron chi connectivity index (χ1n) is 5.69. The molecule has 92 valence electrons. The Morgan fingerprint density at radius 3 is 2.75 bits per heavy atom. The Morgan fingerprint density at radius 1 is 1.38 bits per heavy atom. The van der Waals surface area contributed by atoms with Crippen LogP contribution in [0.1, 0.15) is 32.1 Å². The Hall–Kier alpha value is -1.30. The summed E-state index contributed by atoms with van der Waals surface area (Å²) < 4.78 is 0. The molecule has 0 atom stereocenters. The molecule has 6 nitrogen and oxygen atoms in total. The van der Waals surface area contributed by atoms with E-state index in [1.807, 2.05) is 0 Å². The van der Waals surface area contributed by atoms with Crippen molar-refractivity contribution in [2.75, 3.05) is 13.1 Å². The van der Waals surface area contributed by atoms with Gasteiger partial charge in [-0.3, -0.25) is 4.79 Å². The Bertz CT molecular complexity index is 251. The summed E-state index contributed by atoms with van der Waals surface area (Å²) in [6.07, 6.45) is 4.15. The number of carbonyl (C=O) groups is 1. The highest BCUT2D eigenvalue weighted by atomic mass is 16.4. The fraction of sp³-hybridized carbons (Fsp3) is 0.800. The number of rotatable bonds is 8. The van der Waals surface area contributed by atoms with E-state index in [0.29, 0.717) is 25.4 Å². The van der Waals surface area contributed by atoms with Crippen molar-refractivity contribution < 1.29 is 10.0 Å². The molecular formula is C10H20N4O2. The molecule has 0 unspecified atom stereocenters. The number of amidine groups is 1. The van der Waals surface area contributed by atoms with Gasteiger partial charge in [0.05, 0.1) is 0 Å². The van der Waals surface area contributed by atoms with Crippen molar-refractivity contribution in [3.63, 3.8) is 0 Å². The van der Waals surface area contributed by atoms with E-state index in [1.165, 1.54) is 0 Å². The number of hydrogen-bond donors (Lipinski definition) is 4. The van der Waals surface area contributed by atoms with Gasteiger partial charge in [0.25, 0.3) is 0 Å². The highest BCUT2D eigenvalue weighted by Gasteiger charge is 2.22. The highest BCUT2D eigenvalue weighted by Crippen LogP contribution is 2.18. The molecule has 0 heterocycles. The molecule has 1 aliphatic carbocycles. The van der Waals surface area contributed by atoms with Crippen LogP contribution in [-0.4, -0.2) is 36.1 Å². The van der Waals surface area contributed by atoms with E-state index >= 15 is 0 Å². The largest absolute Gasteiger partial charge is 0.409 e. The maximum atomic E-state index is 11.3. The quantitative estimate of drug-likeness (QED) is 0.152. The fourth-order valence-corrected chi connectivity index (χ4v) is 1.29. The topological polar surface area (TPSA) is 99.7 Å². The SMILES string of the molecule is NC(CCNCCCC(=O)NC1CC1)=NO. The first kappa shape index (κ1) is 12.8. The molecule has 0 aliphatic heterocycles. The van der Waals surface area contributed by atoms with Crippen LogP contribution in [0, 0.1) is 0 Å². The van der Waals surface area contributed by atoms with Crippen LogP contribution in [0.4, 0.5) is 0 Å². The second-order valence-electron chi connectivity index (χ2n) is 4.04. The molecule has 1 saturated carbocycles. The summed E-state index contributed by atoms with van der Waals surface area (Å²) in [6, 6.07) is 0.445. The first-order chi connectivity index (χ1) is 7.72. The minimum absolute atomic E-state index is 0.140. The van der Waals surface area contributed by atoms with Gasteiger partial charge in [0, 0.05) is 25.4 Å². The average Bonchev–Trinajstić information content (AvgIpc) is 3.06. The van der Waals surface area contributed by atoms with Crippen LogP contribution < -0.4 is 16.4 Å². The van der Waals surface area contributed by atoms with E-state index in [4.69, 9.17) is 10.9 Å². The van der Waals surface area contributed by atoms with Crippen molar-refractivity contribution in [2.45, 2.75) is 38.1 Å². The predicted molar refractivity (Wildman–Crippen MR) is 61.3 cm³/mol. The molecule has 1 rings (SSSR count). The van der Waals surface area contributed by atoms with Crippen molar-refractivity contribution >= 4 is 11.7 Å². The van der Waals surface area contributed by atoms with Crippen LogP contribution >= 0.6 is 0 Å². The molecule has 0 spiro atoms. The molecule has 1 amide bonds. The van der Waals surface area contributed by atoms with E-state index < -0.39 is 0 Å². The van der Waals surface area contributed by atoms with Crippen molar-refractivity contribution in [3.8, 4) is 0 Å². The Labute approximate surface area is 95.3 Å². The number of amides is 1. The van der Waals surface area contributed by atoms with E-state index in [-0.39, 0.29) is 11.7 Å². The Balaban J connectivity index is 1.85. The third-order valence-electron chi connectivity index (χ3n) is 2.39. The monoisotopic (exact) mass is 228 g/mol. The zero-order valence-corrected chi connectivity index (χ0v) is 9.41. The number of nitrogens with two attached hydrogens (primary N) is 1. The Kier molecular flexibility index (Phi) is 5.63. The van der Waals surface area contributed by atoms with Crippen molar-refractivity contribution in [3.05, 3.63) is 0 Å². The van der Waals surface area contributed by atoms with Gasteiger partial charge in [0.15, 0.2) is 0 Å². The normalized spacial score (nSPS) is 16.1. The smallest absolute Gasteiger partial charge is 0.220 e. The maximum Gasteiger partial charge on any atom is 0.220 e. The summed E-state index contributed by atoms with van der Waals surface area (Å²) in [6.45, 7) is 1.44. The van der Waals surface area contributed by atoms with Crippen LogP contribution in [0.2, 0.25) is 0 Å². The summed E-state index contributed by atoms with van der Waals surface area (Å²) >= 11 is 0. The minimum Gasteiger partial charge on any atom is -0.409 e. The molecule has 0 radical (unpaired) electrons. The summed E-state index contributed by atoms with van der Waals surface area (Å²) in [5.41, 5.74) is 5.29. The number of nitrogens with zero attached hydrogens (tertiary/aromatic N) is 1. The lowest BCUT2D eigenvalue weighted by molar-refractivity contribution is -0.121. The van der Waals surface area contributed by atoms with Gasteiger partial charge < -0.3 is 21.6 Å². The van der Waals surface area contributed by atoms with E-state index in [9.17, 15) is 4.79 Å². The standard InChI is InChI=1S/C10H20N4O2/c11-9(14-16)5-7-12-6-1-2-10(15)13-8-3-4-8/h8,12,16H,1-7H2,(H2,11,14)(H,13,15). The average molecular weight is 228 g/mol. The number of carbonyl (C=O) groups excluding carboxylic acids is 1. The van der Waals surface area contributed by atoms with Gasteiger partial charge in [0.2, 0.25) is 5.91 Å². The van der Waals surface area contributed by atoms with Crippen molar-refractivity contribution in [1.29, 1.82) is 0 Å². The maximum absolute atomic E-state index is 11.3. The van der Waals surface area contributed by atoms with E-state index in [2.05, 4.69) is 15.8 Å². The number of nitrogens with one attached hydrogen (secondary N) is 2. The molecule has 0 aromatic carbocycles. The third kappa shape index (κ3) is 6.23. The van der Waals surface area contributed by atoms with Gasteiger partial charge in [-0.25, -0.2) is 0 Å². The lowest BCUT2D eigenvalue weighted by atomic mass is 10.3. The lowest BCUT2D eigenvalue weighted by Crippen LogP contribution is -2.27. The summed E-state index contributed by atoms with van der Waals surface area (Å²) in [4.78, 5) is 11.3. The second-order valence-corrected chi connectivity index (χ2v) is 4.04. The molecule has 6 heteroatoms. The van der Waals surface area contributed by atoms with Gasteiger partial charge in [-0.2, -0.15) is 0 Å². The third-order valence-corrected chi connectivity index (χ3v) is 2.39. The molecular weight excluding hydrogens is 208 g/mol. The molecule has 0 aromatic heterocycles. The summed E-state index contributed by atoms with van der Waals surface area (Å²) in [5, 5.41) is 17.2. The van der Waals surface area contributed by atoms with Crippen LogP contribution in [0.5, 0.6) is 0 Å². The van der Waals surface area contributed by atoms with Gasteiger partial charge >= 0.3 is 0 Å². The van der Waals surface area contributed by atoms with Gasteiger partial charge in [-0.15, -0.1) is 0 Å². The van der Waals surface area contributed by atoms with Gasteiger partial charge in [-0.1, -0.05) is 5.16 Å². The van der Waals surface area contributed by atoms with Gasteiger partial charge in [-0.05, 0) is 25.8 Å². The lowest BCUT2D eigenvalue weighted by Gasteiger charge is -2.04. The zero-order chi connectivity index (χ0) is 11.8. The molecule has 1 fully saturated rings. The number of hydrogen-bond acceptors (Lipinski definition) is 4. The second kappa shape index (κ2) is 7.05. The van der Waals surface area contributed by atoms with Gasteiger partial charge in [0.1, 0.15) is 5.84 Å². The first-order valence-corrected chi connectivity index (χ1v) is 5.69. The van der Waals surface area contributed by atoms with Crippen LogP contribution in [0.15, 0.2) is 5.16 Å². The highest BCUT2D eigenvalue weighted by molar-refractivity contribution is 5.79. The molecule has 5 N–H and O–H groups in total. The predicted octanol–water partition coefficient (Wildman–Crippen LogP) is -0.229. The molecule has 0 bridgehead atoms. The number of oxime groups is 1. The van der Waals surface area contributed by atoms with Crippen LogP contribution in [-0.2, 0) is 4.79 Å². The van der Waals surface area contributed by atoms with E-state index in [1.54, 1.807) is 0 Å². The minimum atomic E-state index is 0.140. The van der Waals surface area contributed by atoms with Crippen molar-refractivity contribution in [2.24, 2.45) is 10.9 Å².